The summed E-state index contributed by atoms with van der Waals surface area (Å²) in [6.45, 7) is 3.73. The fraction of sp³-hybridized carbons (Fsp3) is 0.500. The Morgan fingerprint density at radius 2 is 2.30 bits per heavy atom. The van der Waals surface area contributed by atoms with Crippen molar-refractivity contribution in [3.63, 3.8) is 0 Å². The Hall–Kier alpha value is -2.22. The molecule has 0 spiro atoms. The van der Waals surface area contributed by atoms with Crippen molar-refractivity contribution in [2.45, 2.75) is 19.5 Å². The van der Waals surface area contributed by atoms with Crippen LogP contribution in [0, 0.1) is 10.1 Å². The summed E-state index contributed by atoms with van der Waals surface area (Å²) in [6, 6.07) is 2.29. The molecule has 1 N–H and O–H groups in total. The van der Waals surface area contributed by atoms with Gasteiger partial charge < -0.3 is 10.2 Å². The summed E-state index contributed by atoms with van der Waals surface area (Å²) >= 11 is 0. The first-order chi connectivity index (χ1) is 9.49. The number of aromatic nitrogens is 1. The summed E-state index contributed by atoms with van der Waals surface area (Å²) in [4.78, 5) is 35.6. The zero-order valence-electron chi connectivity index (χ0n) is 11.1. The maximum absolute atomic E-state index is 12.2. The Kier molecular flexibility index (Phi) is 4.14. The molecule has 1 fully saturated rings. The van der Waals surface area contributed by atoms with Crippen molar-refractivity contribution in [2.75, 3.05) is 19.6 Å². The normalized spacial score (nSPS) is 18.9. The second-order valence-electron chi connectivity index (χ2n) is 4.75. The Morgan fingerprint density at radius 3 is 2.95 bits per heavy atom. The lowest BCUT2D eigenvalue weighted by Gasteiger charge is -2.34. The summed E-state index contributed by atoms with van der Waals surface area (Å²) < 4.78 is 1.08. The standard InChI is InChI=1S/C12H16N4O4/c1-9-6-13-4-5-15(9)12(18)8-14-7-10(16(19)20)2-3-11(14)17/h2-3,7,9,13H,4-6,8H2,1H3/t9-/m1/s1. The fourth-order valence-electron chi connectivity index (χ4n) is 2.20. The van der Waals surface area contributed by atoms with Crippen LogP contribution in [-0.2, 0) is 11.3 Å². The van der Waals surface area contributed by atoms with E-state index in [-0.39, 0.29) is 24.2 Å². The highest BCUT2D eigenvalue weighted by Crippen LogP contribution is 2.08. The van der Waals surface area contributed by atoms with Gasteiger partial charge in [-0.15, -0.1) is 0 Å². The lowest BCUT2D eigenvalue weighted by Crippen LogP contribution is -2.53. The minimum absolute atomic E-state index is 0.0469. The number of nitrogens with one attached hydrogen (secondary N) is 1. The maximum atomic E-state index is 12.2. The Morgan fingerprint density at radius 1 is 1.55 bits per heavy atom. The van der Waals surface area contributed by atoms with Crippen LogP contribution in [0.1, 0.15) is 6.92 Å². The molecule has 0 aromatic carbocycles. The third-order valence-electron chi connectivity index (χ3n) is 3.31. The van der Waals surface area contributed by atoms with E-state index in [1.54, 1.807) is 4.90 Å². The van der Waals surface area contributed by atoms with E-state index < -0.39 is 10.5 Å². The smallest absolute Gasteiger partial charge is 0.285 e. The van der Waals surface area contributed by atoms with Crippen molar-refractivity contribution in [2.24, 2.45) is 0 Å². The van der Waals surface area contributed by atoms with Crippen LogP contribution in [0.25, 0.3) is 0 Å². The number of nitrogens with zero attached hydrogens (tertiary/aromatic N) is 3. The Labute approximate surface area is 115 Å². The van der Waals surface area contributed by atoms with Gasteiger partial charge in [0, 0.05) is 37.8 Å². The zero-order valence-corrected chi connectivity index (χ0v) is 11.1. The van der Waals surface area contributed by atoms with Crippen LogP contribution in [-0.4, -0.2) is 46.0 Å². The quantitative estimate of drug-likeness (QED) is 0.599. The minimum atomic E-state index is -0.589. The molecule has 1 aliphatic rings. The van der Waals surface area contributed by atoms with Crippen LogP contribution in [0.3, 0.4) is 0 Å². The average molecular weight is 280 g/mol. The van der Waals surface area contributed by atoms with E-state index in [2.05, 4.69) is 5.32 Å². The van der Waals surface area contributed by atoms with E-state index in [1.165, 1.54) is 0 Å². The van der Waals surface area contributed by atoms with Crippen LogP contribution in [0.15, 0.2) is 23.1 Å². The number of pyridine rings is 1. The summed E-state index contributed by atoms with van der Waals surface area (Å²) in [5.41, 5.74) is -0.627. The monoisotopic (exact) mass is 280 g/mol. The topological polar surface area (TPSA) is 97.5 Å². The van der Waals surface area contributed by atoms with Gasteiger partial charge in [0.1, 0.15) is 6.54 Å². The second-order valence-corrected chi connectivity index (χ2v) is 4.75. The largest absolute Gasteiger partial charge is 0.336 e. The molecule has 0 saturated carbocycles. The molecule has 0 radical (unpaired) electrons. The van der Waals surface area contributed by atoms with Crippen molar-refractivity contribution in [3.05, 3.63) is 38.8 Å². The van der Waals surface area contributed by atoms with Crippen LogP contribution < -0.4 is 10.9 Å². The Bertz CT molecular complexity index is 583. The average Bonchev–Trinajstić information content (AvgIpc) is 2.41. The van der Waals surface area contributed by atoms with Gasteiger partial charge in [-0.3, -0.25) is 24.3 Å². The molecule has 1 atom stereocenters. The molecule has 1 aromatic heterocycles. The van der Waals surface area contributed by atoms with E-state index in [4.69, 9.17) is 0 Å². The molecule has 8 nitrogen and oxygen atoms in total. The van der Waals surface area contributed by atoms with E-state index in [0.717, 1.165) is 22.9 Å². The summed E-state index contributed by atoms with van der Waals surface area (Å²) in [5, 5.41) is 13.9. The van der Waals surface area contributed by atoms with E-state index in [9.17, 15) is 19.7 Å². The third kappa shape index (κ3) is 3.02. The number of piperazine rings is 1. The van der Waals surface area contributed by atoms with Crippen LogP contribution in [0.4, 0.5) is 5.69 Å². The van der Waals surface area contributed by atoms with E-state index in [0.29, 0.717) is 19.6 Å². The molecule has 0 aliphatic carbocycles. The first-order valence-electron chi connectivity index (χ1n) is 6.34. The predicted octanol–water partition coefficient (Wildman–Crippen LogP) is -0.423. The van der Waals surface area contributed by atoms with Crippen molar-refractivity contribution < 1.29 is 9.72 Å². The van der Waals surface area contributed by atoms with Gasteiger partial charge in [0.2, 0.25) is 5.91 Å². The van der Waals surface area contributed by atoms with Gasteiger partial charge in [-0.1, -0.05) is 0 Å². The number of carbonyl (C=O) groups excluding carboxylic acids is 1. The van der Waals surface area contributed by atoms with Crippen molar-refractivity contribution in [1.29, 1.82) is 0 Å². The highest BCUT2D eigenvalue weighted by molar-refractivity contribution is 5.76. The molecule has 1 aromatic rings. The summed E-state index contributed by atoms with van der Waals surface area (Å²) in [7, 11) is 0. The first-order valence-corrected chi connectivity index (χ1v) is 6.34. The van der Waals surface area contributed by atoms with Crippen LogP contribution >= 0.6 is 0 Å². The SMILES string of the molecule is C[C@@H]1CNCCN1C(=O)Cn1cc([N+](=O)[O-])ccc1=O. The van der Waals surface area contributed by atoms with Gasteiger partial charge in [0.15, 0.2) is 0 Å². The molecule has 1 saturated heterocycles. The van der Waals surface area contributed by atoms with Gasteiger partial charge in [0.25, 0.3) is 11.2 Å². The van der Waals surface area contributed by atoms with E-state index in [1.807, 2.05) is 6.92 Å². The first kappa shape index (κ1) is 14.2. The number of nitro groups is 1. The summed E-state index contributed by atoms with van der Waals surface area (Å²) in [6.07, 6.45) is 1.10. The number of amides is 1. The molecule has 2 heterocycles. The van der Waals surface area contributed by atoms with Gasteiger partial charge in [0.05, 0.1) is 11.1 Å². The molecule has 8 heteroatoms. The highest BCUT2D eigenvalue weighted by Gasteiger charge is 2.23. The lowest BCUT2D eigenvalue weighted by molar-refractivity contribution is -0.385. The van der Waals surface area contributed by atoms with Gasteiger partial charge in [-0.2, -0.15) is 0 Å². The highest BCUT2D eigenvalue weighted by atomic mass is 16.6. The van der Waals surface area contributed by atoms with Crippen molar-refractivity contribution >= 4 is 11.6 Å². The van der Waals surface area contributed by atoms with Gasteiger partial charge in [-0.25, -0.2) is 0 Å². The molecule has 1 amide bonds. The number of hydrogen-bond donors (Lipinski definition) is 1. The fourth-order valence-corrected chi connectivity index (χ4v) is 2.20. The molecule has 108 valence electrons. The Balaban J connectivity index is 2.16. The molecular weight excluding hydrogens is 264 g/mol. The van der Waals surface area contributed by atoms with Crippen LogP contribution in [0.5, 0.6) is 0 Å². The number of rotatable bonds is 3. The molecule has 0 unspecified atom stereocenters. The van der Waals surface area contributed by atoms with Crippen molar-refractivity contribution in [1.82, 2.24) is 14.8 Å². The lowest BCUT2D eigenvalue weighted by atomic mass is 10.2. The number of carbonyl (C=O) groups is 1. The molecule has 2 rings (SSSR count). The second kappa shape index (κ2) is 5.83. The molecular formula is C12H16N4O4. The zero-order chi connectivity index (χ0) is 14.7. The van der Waals surface area contributed by atoms with Crippen LogP contribution in [0.2, 0.25) is 0 Å². The van der Waals surface area contributed by atoms with Gasteiger partial charge >= 0.3 is 0 Å². The predicted molar refractivity (Wildman–Crippen MR) is 71.4 cm³/mol. The summed E-state index contributed by atoms with van der Waals surface area (Å²) in [5.74, 6) is -0.207. The third-order valence-corrected chi connectivity index (χ3v) is 3.31. The number of hydrogen-bond acceptors (Lipinski definition) is 5. The minimum Gasteiger partial charge on any atom is -0.336 e. The van der Waals surface area contributed by atoms with E-state index >= 15 is 0 Å². The van der Waals surface area contributed by atoms with Crippen molar-refractivity contribution in [3.8, 4) is 0 Å². The van der Waals surface area contributed by atoms with Gasteiger partial charge in [-0.05, 0) is 6.92 Å². The maximum Gasteiger partial charge on any atom is 0.285 e. The molecule has 20 heavy (non-hydrogen) atoms. The molecule has 1 aliphatic heterocycles. The molecule has 0 bridgehead atoms.